The van der Waals surface area contributed by atoms with Gasteiger partial charge in [-0.3, -0.25) is 14.6 Å². The van der Waals surface area contributed by atoms with Crippen LogP contribution in [0.25, 0.3) is 0 Å². The molecule has 1 aliphatic heterocycles. The monoisotopic (exact) mass is 399 g/mol. The largest absolute Gasteiger partial charge is 0.356 e. The minimum absolute atomic E-state index is 0.00556. The van der Waals surface area contributed by atoms with Gasteiger partial charge in [-0.15, -0.1) is 0 Å². The number of nitrogens with one attached hydrogen (secondary N) is 3. The van der Waals surface area contributed by atoms with Crippen LogP contribution in [0.4, 0.5) is 0 Å². The van der Waals surface area contributed by atoms with Gasteiger partial charge in [0.2, 0.25) is 11.8 Å². The van der Waals surface area contributed by atoms with Crippen LogP contribution in [0.3, 0.4) is 0 Å². The molecule has 1 aliphatic carbocycles. The Hall–Kier alpha value is -2.57. The molecule has 29 heavy (non-hydrogen) atoms. The maximum Gasteiger partial charge on any atom is 0.225 e. The summed E-state index contributed by atoms with van der Waals surface area (Å²) in [5.41, 5.74) is 1.09. The first kappa shape index (κ1) is 21.1. The van der Waals surface area contributed by atoms with Gasteiger partial charge in [-0.05, 0) is 24.8 Å². The average Bonchev–Trinajstić information content (AvgIpc) is 3.44. The van der Waals surface area contributed by atoms with E-state index < -0.39 is 0 Å². The molecule has 0 bridgehead atoms. The third-order valence-corrected chi connectivity index (χ3v) is 5.75. The summed E-state index contributed by atoms with van der Waals surface area (Å²) in [5.74, 6) is 1.25. The van der Waals surface area contributed by atoms with E-state index in [0.717, 1.165) is 37.9 Å². The van der Waals surface area contributed by atoms with Gasteiger partial charge in [0.05, 0.1) is 0 Å². The van der Waals surface area contributed by atoms with E-state index in [0.29, 0.717) is 31.4 Å². The fourth-order valence-corrected chi connectivity index (χ4v) is 4.08. The minimum Gasteiger partial charge on any atom is -0.356 e. The number of rotatable bonds is 7. The highest BCUT2D eigenvalue weighted by molar-refractivity contribution is 5.82. The lowest BCUT2D eigenvalue weighted by atomic mass is 10.1. The molecule has 0 radical (unpaired) electrons. The Balaban J connectivity index is 1.33. The summed E-state index contributed by atoms with van der Waals surface area (Å²) in [6, 6.07) is 10.1. The molecule has 1 atom stereocenters. The molecule has 0 spiro atoms. The van der Waals surface area contributed by atoms with Crippen molar-refractivity contribution in [2.75, 3.05) is 26.7 Å². The molecule has 158 valence electrons. The zero-order valence-corrected chi connectivity index (χ0v) is 17.3. The number of hydrogen-bond donors (Lipinski definition) is 3. The molecule has 2 fully saturated rings. The molecule has 7 heteroatoms. The number of amides is 2. The smallest absolute Gasteiger partial charge is 0.225 e. The molecule has 1 saturated carbocycles. The van der Waals surface area contributed by atoms with Crippen molar-refractivity contribution in [1.82, 2.24) is 20.9 Å². The van der Waals surface area contributed by atoms with Crippen LogP contribution < -0.4 is 16.0 Å². The molecular formula is C22H33N5O2. The minimum atomic E-state index is 0.00556. The van der Waals surface area contributed by atoms with Crippen LogP contribution >= 0.6 is 0 Å². The molecule has 2 aliphatic rings. The van der Waals surface area contributed by atoms with E-state index in [4.69, 9.17) is 0 Å². The fraction of sp³-hybridized carbons (Fsp3) is 0.591. The van der Waals surface area contributed by atoms with Gasteiger partial charge in [-0.1, -0.05) is 43.2 Å². The van der Waals surface area contributed by atoms with Crippen molar-refractivity contribution in [2.45, 2.75) is 51.1 Å². The topological polar surface area (TPSA) is 85.8 Å². The van der Waals surface area contributed by atoms with Gasteiger partial charge >= 0.3 is 0 Å². The quantitative estimate of drug-likeness (QED) is 0.481. The maximum absolute atomic E-state index is 12.6. The number of carbonyl (C=O) groups excluding carboxylic acids is 2. The predicted molar refractivity (Wildman–Crippen MR) is 114 cm³/mol. The maximum atomic E-state index is 12.6. The Morgan fingerprint density at radius 3 is 2.59 bits per heavy atom. The van der Waals surface area contributed by atoms with Gasteiger partial charge in [-0.25, -0.2) is 0 Å². The lowest BCUT2D eigenvalue weighted by molar-refractivity contribution is -0.134. The third kappa shape index (κ3) is 6.48. The van der Waals surface area contributed by atoms with Crippen molar-refractivity contribution in [1.29, 1.82) is 0 Å². The van der Waals surface area contributed by atoms with Gasteiger partial charge in [0.15, 0.2) is 5.96 Å². The average molecular weight is 400 g/mol. The Morgan fingerprint density at radius 2 is 1.86 bits per heavy atom. The zero-order chi connectivity index (χ0) is 20.5. The summed E-state index contributed by atoms with van der Waals surface area (Å²) >= 11 is 0. The number of guanidine groups is 1. The second-order valence-electron chi connectivity index (χ2n) is 7.91. The number of nitrogens with zero attached hydrogens (tertiary/aromatic N) is 2. The second kappa shape index (κ2) is 10.8. The SMILES string of the molecule is CN=C(NCCC(=O)NCc1ccccc1)NC1CCN(C(=O)C2CCCC2)C1. The van der Waals surface area contributed by atoms with Crippen molar-refractivity contribution in [2.24, 2.45) is 10.9 Å². The highest BCUT2D eigenvalue weighted by Crippen LogP contribution is 2.27. The lowest BCUT2D eigenvalue weighted by Gasteiger charge is -2.21. The van der Waals surface area contributed by atoms with Gasteiger partial charge in [0, 0.05) is 51.6 Å². The van der Waals surface area contributed by atoms with Gasteiger partial charge in [0.1, 0.15) is 0 Å². The Kier molecular flexibility index (Phi) is 7.90. The van der Waals surface area contributed by atoms with Crippen molar-refractivity contribution < 1.29 is 9.59 Å². The highest BCUT2D eigenvalue weighted by atomic mass is 16.2. The molecule has 1 saturated heterocycles. The van der Waals surface area contributed by atoms with E-state index >= 15 is 0 Å². The summed E-state index contributed by atoms with van der Waals surface area (Å²) in [5, 5.41) is 9.51. The molecule has 1 aromatic rings. The molecule has 3 rings (SSSR count). The molecule has 1 aromatic carbocycles. The van der Waals surface area contributed by atoms with Crippen LogP contribution in [-0.2, 0) is 16.1 Å². The van der Waals surface area contributed by atoms with Crippen molar-refractivity contribution in [3.05, 3.63) is 35.9 Å². The van der Waals surface area contributed by atoms with Crippen LogP contribution in [0.15, 0.2) is 35.3 Å². The molecule has 1 unspecified atom stereocenters. The molecule has 7 nitrogen and oxygen atoms in total. The van der Waals surface area contributed by atoms with Crippen LogP contribution in [0, 0.1) is 5.92 Å². The van der Waals surface area contributed by atoms with Crippen LogP contribution in [0.5, 0.6) is 0 Å². The van der Waals surface area contributed by atoms with Crippen molar-refractivity contribution >= 4 is 17.8 Å². The predicted octanol–water partition coefficient (Wildman–Crippen LogP) is 1.65. The van der Waals surface area contributed by atoms with Gasteiger partial charge in [0.25, 0.3) is 0 Å². The Labute approximate surface area is 173 Å². The van der Waals surface area contributed by atoms with E-state index in [1.54, 1.807) is 7.05 Å². The molecule has 3 N–H and O–H groups in total. The third-order valence-electron chi connectivity index (χ3n) is 5.75. The zero-order valence-electron chi connectivity index (χ0n) is 17.3. The molecular weight excluding hydrogens is 366 g/mol. The summed E-state index contributed by atoms with van der Waals surface area (Å²) in [6.07, 6.45) is 5.76. The number of aliphatic imine (C=N–C) groups is 1. The Morgan fingerprint density at radius 1 is 1.10 bits per heavy atom. The summed E-state index contributed by atoms with van der Waals surface area (Å²) < 4.78 is 0. The lowest BCUT2D eigenvalue weighted by Crippen LogP contribution is -2.46. The summed E-state index contributed by atoms with van der Waals surface area (Å²) in [7, 11) is 1.72. The van der Waals surface area contributed by atoms with Crippen LogP contribution in [0.2, 0.25) is 0 Å². The number of hydrogen-bond acceptors (Lipinski definition) is 3. The molecule has 0 aromatic heterocycles. The first-order valence-corrected chi connectivity index (χ1v) is 10.7. The number of benzene rings is 1. The number of likely N-dealkylation sites (tertiary alicyclic amines) is 1. The normalized spacial score (nSPS) is 20.0. The molecule has 2 amide bonds. The standard InChI is InChI=1S/C22H33N5O2/c1-23-22(24-13-11-20(28)25-15-17-7-3-2-4-8-17)26-19-12-14-27(16-19)21(29)18-9-5-6-10-18/h2-4,7-8,18-19H,5-6,9-16H2,1H3,(H,25,28)(H2,23,24,26). The van der Waals surface area contributed by atoms with Crippen LogP contribution in [0.1, 0.15) is 44.1 Å². The Bertz CT molecular complexity index is 700. The van der Waals surface area contributed by atoms with E-state index in [1.165, 1.54) is 12.8 Å². The van der Waals surface area contributed by atoms with E-state index in [-0.39, 0.29) is 17.9 Å². The van der Waals surface area contributed by atoms with Crippen molar-refractivity contribution in [3.63, 3.8) is 0 Å². The van der Waals surface area contributed by atoms with Gasteiger partial charge in [-0.2, -0.15) is 0 Å². The second-order valence-corrected chi connectivity index (χ2v) is 7.91. The number of carbonyl (C=O) groups is 2. The summed E-state index contributed by atoms with van der Waals surface area (Å²) in [4.78, 5) is 30.8. The fourth-order valence-electron chi connectivity index (χ4n) is 4.08. The highest BCUT2D eigenvalue weighted by Gasteiger charge is 2.32. The van der Waals surface area contributed by atoms with E-state index in [9.17, 15) is 9.59 Å². The van der Waals surface area contributed by atoms with E-state index in [1.807, 2.05) is 35.2 Å². The van der Waals surface area contributed by atoms with Gasteiger partial charge < -0.3 is 20.9 Å². The van der Waals surface area contributed by atoms with E-state index in [2.05, 4.69) is 20.9 Å². The molecule has 1 heterocycles. The van der Waals surface area contributed by atoms with Crippen molar-refractivity contribution in [3.8, 4) is 0 Å². The first-order chi connectivity index (χ1) is 14.2. The van der Waals surface area contributed by atoms with Crippen LogP contribution in [-0.4, -0.2) is 55.4 Å². The summed E-state index contributed by atoms with van der Waals surface area (Å²) in [6.45, 7) is 2.59. The first-order valence-electron chi connectivity index (χ1n) is 10.7.